The van der Waals surface area contributed by atoms with E-state index in [4.69, 9.17) is 0 Å². The molecule has 0 spiro atoms. The van der Waals surface area contributed by atoms with Crippen LogP contribution >= 0.6 is 0 Å². The van der Waals surface area contributed by atoms with Crippen molar-refractivity contribution in [3.63, 3.8) is 0 Å². The molecule has 0 N–H and O–H groups in total. The van der Waals surface area contributed by atoms with Gasteiger partial charge >= 0.3 is 0 Å². The average Bonchev–Trinajstić information content (AvgIpc) is 2.49. The second kappa shape index (κ2) is 5.09. The highest BCUT2D eigenvalue weighted by molar-refractivity contribution is 6.09. The number of carbonyl (C=O) groups is 1. The zero-order valence-corrected chi connectivity index (χ0v) is 11.9. The van der Waals surface area contributed by atoms with Crippen LogP contribution in [0.1, 0.15) is 27.2 Å². The summed E-state index contributed by atoms with van der Waals surface area (Å²) < 4.78 is 13.9. The Labute approximate surface area is 122 Å². The van der Waals surface area contributed by atoms with Gasteiger partial charge in [0.1, 0.15) is 11.5 Å². The van der Waals surface area contributed by atoms with Crippen molar-refractivity contribution < 1.29 is 9.18 Å². The average molecular weight is 279 g/mol. The minimum absolute atomic E-state index is 0.0668. The minimum Gasteiger partial charge on any atom is -0.287 e. The monoisotopic (exact) mass is 279 g/mol. The third-order valence-corrected chi connectivity index (χ3v) is 3.52. The molecule has 1 aromatic heterocycles. The number of rotatable bonds is 2. The van der Waals surface area contributed by atoms with E-state index in [-0.39, 0.29) is 17.0 Å². The molecule has 2 nitrogen and oxygen atoms in total. The lowest BCUT2D eigenvalue weighted by molar-refractivity contribution is 0.103. The number of hydrogen-bond donors (Lipinski definition) is 0. The Morgan fingerprint density at radius 2 is 1.81 bits per heavy atom. The lowest BCUT2D eigenvalue weighted by Crippen LogP contribution is -2.07. The molecule has 0 saturated carbocycles. The zero-order chi connectivity index (χ0) is 15.0. The predicted molar refractivity (Wildman–Crippen MR) is 81.0 cm³/mol. The topological polar surface area (TPSA) is 30.0 Å². The van der Waals surface area contributed by atoms with E-state index in [0.29, 0.717) is 0 Å². The number of para-hydroxylation sites is 1. The second-order valence-electron chi connectivity index (χ2n) is 5.15. The van der Waals surface area contributed by atoms with E-state index in [1.54, 1.807) is 18.2 Å². The van der Waals surface area contributed by atoms with Crippen molar-refractivity contribution in [2.45, 2.75) is 13.8 Å². The first-order chi connectivity index (χ1) is 10.1. The Bertz CT molecular complexity index is 855. The predicted octanol–water partition coefficient (Wildman–Crippen LogP) is 4.22. The van der Waals surface area contributed by atoms with E-state index in [9.17, 15) is 9.18 Å². The first-order valence-electron chi connectivity index (χ1n) is 6.73. The standard InChI is InChI=1S/C18H14FNO/c1-11-7-8-15(19)14(9-11)18(21)17-10-12(2)13-5-3-4-6-16(13)20-17/h3-10H,1-2H3. The summed E-state index contributed by atoms with van der Waals surface area (Å²) in [5, 5.41) is 0.999. The fourth-order valence-electron chi connectivity index (χ4n) is 2.42. The van der Waals surface area contributed by atoms with Gasteiger partial charge < -0.3 is 0 Å². The molecule has 3 aromatic rings. The van der Waals surface area contributed by atoms with Gasteiger partial charge in [0.15, 0.2) is 0 Å². The highest BCUT2D eigenvalue weighted by Crippen LogP contribution is 2.20. The zero-order valence-electron chi connectivity index (χ0n) is 11.9. The molecule has 2 aromatic carbocycles. The molecule has 0 aliphatic rings. The number of fused-ring (bicyclic) bond motifs is 1. The van der Waals surface area contributed by atoms with Crippen LogP contribution in [0.4, 0.5) is 4.39 Å². The number of benzene rings is 2. The van der Waals surface area contributed by atoms with Gasteiger partial charge in [0.2, 0.25) is 5.78 Å². The molecule has 3 rings (SSSR count). The van der Waals surface area contributed by atoms with Gasteiger partial charge in [-0.15, -0.1) is 0 Å². The summed E-state index contributed by atoms with van der Waals surface area (Å²) in [6.07, 6.45) is 0. The third kappa shape index (κ3) is 2.42. The normalized spacial score (nSPS) is 10.8. The molecule has 1 heterocycles. The SMILES string of the molecule is Cc1ccc(F)c(C(=O)c2cc(C)c3ccccc3n2)c1. The summed E-state index contributed by atoms with van der Waals surface area (Å²) in [6, 6.07) is 13.8. The molecule has 0 radical (unpaired) electrons. The van der Waals surface area contributed by atoms with Crippen LogP contribution in [-0.2, 0) is 0 Å². The van der Waals surface area contributed by atoms with Crippen molar-refractivity contribution in [1.82, 2.24) is 4.98 Å². The molecule has 104 valence electrons. The van der Waals surface area contributed by atoms with Crippen LogP contribution in [0.5, 0.6) is 0 Å². The van der Waals surface area contributed by atoms with Crippen LogP contribution in [0.25, 0.3) is 10.9 Å². The molecule has 0 aliphatic heterocycles. The highest BCUT2D eigenvalue weighted by Gasteiger charge is 2.16. The van der Waals surface area contributed by atoms with Crippen molar-refractivity contribution in [3.05, 3.63) is 76.7 Å². The molecule has 21 heavy (non-hydrogen) atoms. The maximum absolute atomic E-state index is 13.9. The van der Waals surface area contributed by atoms with Gasteiger partial charge in [0.05, 0.1) is 11.1 Å². The molecule has 3 heteroatoms. The van der Waals surface area contributed by atoms with Crippen LogP contribution in [0, 0.1) is 19.7 Å². The fraction of sp³-hybridized carbons (Fsp3) is 0.111. The lowest BCUT2D eigenvalue weighted by atomic mass is 10.0. The van der Waals surface area contributed by atoms with Crippen molar-refractivity contribution >= 4 is 16.7 Å². The van der Waals surface area contributed by atoms with Crippen molar-refractivity contribution in [3.8, 4) is 0 Å². The van der Waals surface area contributed by atoms with Crippen molar-refractivity contribution in [2.75, 3.05) is 0 Å². The molecule has 0 amide bonds. The van der Waals surface area contributed by atoms with Gasteiger partial charge in [0, 0.05) is 5.39 Å². The number of halogens is 1. The number of hydrogen-bond acceptors (Lipinski definition) is 2. The van der Waals surface area contributed by atoms with Crippen molar-refractivity contribution in [1.29, 1.82) is 0 Å². The summed E-state index contributed by atoms with van der Waals surface area (Å²) in [5.41, 5.74) is 2.89. The maximum atomic E-state index is 13.9. The fourth-order valence-corrected chi connectivity index (χ4v) is 2.42. The molecule has 0 aliphatic carbocycles. The van der Waals surface area contributed by atoms with Gasteiger partial charge in [-0.1, -0.05) is 29.8 Å². The van der Waals surface area contributed by atoms with Crippen LogP contribution in [0.2, 0.25) is 0 Å². The first-order valence-corrected chi connectivity index (χ1v) is 6.73. The minimum atomic E-state index is -0.516. The number of pyridine rings is 1. The van der Waals surface area contributed by atoms with Crippen LogP contribution in [0.3, 0.4) is 0 Å². The number of aromatic nitrogens is 1. The van der Waals surface area contributed by atoms with E-state index in [1.807, 2.05) is 38.1 Å². The van der Waals surface area contributed by atoms with Gasteiger partial charge in [-0.3, -0.25) is 4.79 Å². The van der Waals surface area contributed by atoms with Gasteiger partial charge in [-0.25, -0.2) is 9.37 Å². The maximum Gasteiger partial charge on any atom is 0.214 e. The largest absolute Gasteiger partial charge is 0.287 e. The summed E-state index contributed by atoms with van der Waals surface area (Å²) in [6.45, 7) is 3.75. The summed E-state index contributed by atoms with van der Waals surface area (Å²) in [5.74, 6) is -0.900. The Kier molecular flexibility index (Phi) is 3.26. The van der Waals surface area contributed by atoms with Crippen LogP contribution < -0.4 is 0 Å². The number of aryl methyl sites for hydroxylation is 2. The Hall–Kier alpha value is -2.55. The second-order valence-corrected chi connectivity index (χ2v) is 5.15. The van der Waals surface area contributed by atoms with E-state index in [0.717, 1.165) is 22.0 Å². The summed E-state index contributed by atoms with van der Waals surface area (Å²) in [4.78, 5) is 16.9. The van der Waals surface area contributed by atoms with Gasteiger partial charge in [-0.2, -0.15) is 0 Å². The molecule has 0 saturated heterocycles. The number of ketones is 1. The number of carbonyl (C=O) groups excluding carboxylic acids is 1. The third-order valence-electron chi connectivity index (χ3n) is 3.52. The quantitative estimate of drug-likeness (QED) is 0.657. The molecule has 0 atom stereocenters. The summed E-state index contributed by atoms with van der Waals surface area (Å²) >= 11 is 0. The molecular formula is C18H14FNO. The van der Waals surface area contributed by atoms with Crippen LogP contribution in [0.15, 0.2) is 48.5 Å². The molecular weight excluding hydrogens is 265 g/mol. The Balaban J connectivity index is 2.16. The Morgan fingerprint density at radius 3 is 2.62 bits per heavy atom. The van der Waals surface area contributed by atoms with E-state index in [2.05, 4.69) is 4.98 Å². The summed E-state index contributed by atoms with van der Waals surface area (Å²) in [7, 11) is 0. The van der Waals surface area contributed by atoms with E-state index >= 15 is 0 Å². The van der Waals surface area contributed by atoms with E-state index in [1.165, 1.54) is 6.07 Å². The molecule has 0 fully saturated rings. The van der Waals surface area contributed by atoms with E-state index < -0.39 is 5.82 Å². The van der Waals surface area contributed by atoms with Crippen molar-refractivity contribution in [2.24, 2.45) is 0 Å². The molecule has 0 bridgehead atoms. The number of nitrogens with zero attached hydrogens (tertiary/aromatic N) is 1. The Morgan fingerprint density at radius 1 is 1.05 bits per heavy atom. The molecule has 0 unspecified atom stereocenters. The first kappa shape index (κ1) is 13.4. The lowest BCUT2D eigenvalue weighted by Gasteiger charge is -2.07. The van der Waals surface area contributed by atoms with Gasteiger partial charge in [0.25, 0.3) is 0 Å². The highest BCUT2D eigenvalue weighted by atomic mass is 19.1. The smallest absolute Gasteiger partial charge is 0.214 e. The van der Waals surface area contributed by atoms with Gasteiger partial charge in [-0.05, 0) is 43.7 Å². The van der Waals surface area contributed by atoms with Crippen LogP contribution in [-0.4, -0.2) is 10.8 Å².